The summed E-state index contributed by atoms with van der Waals surface area (Å²) in [6.45, 7) is 0. The maximum absolute atomic E-state index is 14.3. The fourth-order valence-electron chi connectivity index (χ4n) is 2.52. The number of imidazole rings is 1. The van der Waals surface area contributed by atoms with Crippen LogP contribution in [0.15, 0.2) is 48.9 Å². The second kappa shape index (κ2) is 6.31. The quantitative estimate of drug-likeness (QED) is 0.522. The molecule has 0 aliphatic heterocycles. The molecule has 4 aromatic rings. The van der Waals surface area contributed by atoms with Crippen LogP contribution in [0.1, 0.15) is 5.56 Å². The van der Waals surface area contributed by atoms with E-state index in [4.69, 9.17) is 0 Å². The molecule has 0 saturated carbocycles. The molecule has 0 amide bonds. The summed E-state index contributed by atoms with van der Waals surface area (Å²) in [4.78, 5) is 11.0. The lowest BCUT2D eigenvalue weighted by molar-refractivity contribution is -0.137. The minimum absolute atomic E-state index is 0.132. The first-order chi connectivity index (χ1) is 12.9. The van der Waals surface area contributed by atoms with Gasteiger partial charge in [-0.3, -0.25) is 0 Å². The molecule has 27 heavy (non-hydrogen) atoms. The molecule has 2 N–H and O–H groups in total. The zero-order valence-electron chi connectivity index (χ0n) is 13.4. The standard InChI is InChI=1S/C17H10F4N6/c18-11-5-13-14(6-12(11)24-15-7-22-8-23-27-15)26-16(25-13)9-1-3-10(4-2-9)17(19,20)21/h1-8H,(H,24,27)(H,25,26). The number of halogens is 4. The minimum Gasteiger partial charge on any atom is -0.338 e. The Morgan fingerprint density at radius 2 is 1.81 bits per heavy atom. The average Bonchev–Trinajstić information content (AvgIpc) is 3.05. The first kappa shape index (κ1) is 16.9. The predicted molar refractivity (Wildman–Crippen MR) is 89.6 cm³/mol. The van der Waals surface area contributed by atoms with E-state index in [9.17, 15) is 17.6 Å². The fourth-order valence-corrected chi connectivity index (χ4v) is 2.52. The number of anilines is 2. The molecule has 0 bridgehead atoms. The molecule has 6 nitrogen and oxygen atoms in total. The van der Waals surface area contributed by atoms with Crippen molar-refractivity contribution < 1.29 is 17.6 Å². The number of fused-ring (bicyclic) bond motifs is 1. The maximum Gasteiger partial charge on any atom is 0.416 e. The number of H-pyrrole nitrogens is 1. The van der Waals surface area contributed by atoms with Crippen molar-refractivity contribution in [1.82, 2.24) is 25.1 Å². The van der Waals surface area contributed by atoms with Gasteiger partial charge in [0.2, 0.25) is 0 Å². The van der Waals surface area contributed by atoms with Crippen LogP contribution in [0.4, 0.5) is 29.1 Å². The van der Waals surface area contributed by atoms with E-state index in [2.05, 4.69) is 30.5 Å². The first-order valence-electron chi connectivity index (χ1n) is 7.67. The second-order valence-corrected chi connectivity index (χ2v) is 5.63. The highest BCUT2D eigenvalue weighted by Gasteiger charge is 2.30. The molecule has 0 aliphatic rings. The summed E-state index contributed by atoms with van der Waals surface area (Å²) in [5.74, 6) is 0.0216. The third-order valence-corrected chi connectivity index (χ3v) is 3.80. The van der Waals surface area contributed by atoms with Crippen LogP contribution in [0.3, 0.4) is 0 Å². The Hall–Kier alpha value is -3.56. The topological polar surface area (TPSA) is 79.4 Å². The largest absolute Gasteiger partial charge is 0.416 e. The van der Waals surface area contributed by atoms with E-state index < -0.39 is 17.6 Å². The van der Waals surface area contributed by atoms with Crippen molar-refractivity contribution in [1.29, 1.82) is 0 Å². The molecule has 2 aromatic heterocycles. The van der Waals surface area contributed by atoms with E-state index >= 15 is 0 Å². The lowest BCUT2D eigenvalue weighted by atomic mass is 10.1. The van der Waals surface area contributed by atoms with Gasteiger partial charge in [0.1, 0.15) is 18.0 Å². The smallest absolute Gasteiger partial charge is 0.338 e. The van der Waals surface area contributed by atoms with Gasteiger partial charge in [-0.05, 0) is 18.2 Å². The van der Waals surface area contributed by atoms with Crippen molar-refractivity contribution in [2.24, 2.45) is 0 Å². The molecular formula is C17H10F4N6. The summed E-state index contributed by atoms with van der Waals surface area (Å²) in [7, 11) is 0. The number of alkyl halides is 3. The first-order valence-corrected chi connectivity index (χ1v) is 7.67. The van der Waals surface area contributed by atoms with E-state index in [1.165, 1.54) is 36.8 Å². The van der Waals surface area contributed by atoms with Gasteiger partial charge in [0.05, 0.1) is 28.5 Å². The van der Waals surface area contributed by atoms with Gasteiger partial charge in [0, 0.05) is 11.6 Å². The van der Waals surface area contributed by atoms with Crippen LogP contribution >= 0.6 is 0 Å². The molecule has 2 heterocycles. The number of nitrogens with one attached hydrogen (secondary N) is 2. The third kappa shape index (κ3) is 3.41. The Bertz CT molecular complexity index is 1090. The van der Waals surface area contributed by atoms with Crippen LogP contribution in [-0.4, -0.2) is 25.1 Å². The van der Waals surface area contributed by atoms with Gasteiger partial charge >= 0.3 is 6.18 Å². The average molecular weight is 374 g/mol. The molecule has 0 fully saturated rings. The Balaban J connectivity index is 1.68. The molecule has 0 radical (unpaired) electrons. The van der Waals surface area contributed by atoms with Crippen molar-refractivity contribution in [3.8, 4) is 11.4 Å². The van der Waals surface area contributed by atoms with Crippen molar-refractivity contribution in [2.45, 2.75) is 6.18 Å². The van der Waals surface area contributed by atoms with Crippen LogP contribution in [0.25, 0.3) is 22.4 Å². The summed E-state index contributed by atoms with van der Waals surface area (Å²) < 4.78 is 52.3. The van der Waals surface area contributed by atoms with Gasteiger partial charge in [0.15, 0.2) is 5.82 Å². The van der Waals surface area contributed by atoms with Gasteiger partial charge in [-0.2, -0.15) is 13.2 Å². The number of aromatic amines is 1. The van der Waals surface area contributed by atoms with Crippen LogP contribution in [0.5, 0.6) is 0 Å². The van der Waals surface area contributed by atoms with Gasteiger partial charge in [-0.25, -0.2) is 14.4 Å². The van der Waals surface area contributed by atoms with Gasteiger partial charge in [-0.15, -0.1) is 10.2 Å². The van der Waals surface area contributed by atoms with E-state index in [0.717, 1.165) is 12.1 Å². The van der Waals surface area contributed by atoms with Gasteiger partial charge < -0.3 is 10.3 Å². The van der Waals surface area contributed by atoms with Crippen molar-refractivity contribution in [3.05, 3.63) is 60.3 Å². The normalized spacial score (nSPS) is 11.7. The number of hydrogen-bond acceptors (Lipinski definition) is 5. The maximum atomic E-state index is 14.3. The molecule has 0 atom stereocenters. The number of hydrogen-bond donors (Lipinski definition) is 2. The highest BCUT2D eigenvalue weighted by atomic mass is 19.4. The van der Waals surface area contributed by atoms with Crippen molar-refractivity contribution in [3.63, 3.8) is 0 Å². The summed E-state index contributed by atoms with van der Waals surface area (Å²) in [5, 5.41) is 10.1. The lowest BCUT2D eigenvalue weighted by Crippen LogP contribution is -2.04. The molecule has 2 aromatic carbocycles. The summed E-state index contributed by atoms with van der Waals surface area (Å²) in [6, 6.07) is 7.25. The van der Waals surface area contributed by atoms with Crippen LogP contribution in [0, 0.1) is 5.82 Å². The Morgan fingerprint density at radius 3 is 2.48 bits per heavy atom. The van der Waals surface area contributed by atoms with Crippen LogP contribution in [-0.2, 0) is 6.18 Å². The number of benzene rings is 2. The summed E-state index contributed by atoms with van der Waals surface area (Å²) >= 11 is 0. The Morgan fingerprint density at radius 1 is 1.04 bits per heavy atom. The SMILES string of the molecule is Fc1cc2nc(-c3ccc(C(F)(F)F)cc3)[nH]c2cc1Nc1cncnn1. The molecule has 4 rings (SSSR count). The lowest BCUT2D eigenvalue weighted by Gasteiger charge is -2.06. The zero-order chi connectivity index (χ0) is 19.0. The predicted octanol–water partition coefficient (Wildman–Crippen LogP) is 4.32. The van der Waals surface area contributed by atoms with Gasteiger partial charge in [0.25, 0.3) is 0 Å². The molecule has 0 saturated heterocycles. The number of aromatic nitrogens is 5. The number of nitrogens with zero attached hydrogens (tertiary/aromatic N) is 4. The Labute approximate surface area is 149 Å². The third-order valence-electron chi connectivity index (χ3n) is 3.80. The fraction of sp³-hybridized carbons (Fsp3) is 0.0588. The zero-order valence-corrected chi connectivity index (χ0v) is 13.4. The Kier molecular flexibility index (Phi) is 3.94. The highest BCUT2D eigenvalue weighted by molar-refractivity contribution is 5.83. The number of rotatable bonds is 3. The van der Waals surface area contributed by atoms with E-state index in [0.29, 0.717) is 22.4 Å². The summed E-state index contributed by atoms with van der Waals surface area (Å²) in [6.07, 6.45) is -1.78. The second-order valence-electron chi connectivity index (χ2n) is 5.63. The minimum atomic E-state index is -4.41. The summed E-state index contributed by atoms with van der Waals surface area (Å²) in [5.41, 5.74) is 0.674. The molecule has 10 heteroatoms. The van der Waals surface area contributed by atoms with Crippen LogP contribution in [0.2, 0.25) is 0 Å². The van der Waals surface area contributed by atoms with Crippen molar-refractivity contribution >= 4 is 22.5 Å². The molecule has 0 unspecified atom stereocenters. The van der Waals surface area contributed by atoms with Gasteiger partial charge in [-0.1, -0.05) is 12.1 Å². The molecule has 136 valence electrons. The van der Waals surface area contributed by atoms with Crippen LogP contribution < -0.4 is 5.32 Å². The van der Waals surface area contributed by atoms with Crippen molar-refractivity contribution in [2.75, 3.05) is 5.32 Å². The van der Waals surface area contributed by atoms with E-state index in [1.807, 2.05) is 0 Å². The van der Waals surface area contributed by atoms with E-state index in [1.54, 1.807) is 0 Å². The highest BCUT2D eigenvalue weighted by Crippen LogP contribution is 2.31. The van der Waals surface area contributed by atoms with E-state index in [-0.39, 0.29) is 11.5 Å². The monoisotopic (exact) mass is 374 g/mol. The molecule has 0 aliphatic carbocycles. The molecule has 0 spiro atoms. The molecular weight excluding hydrogens is 364 g/mol.